The van der Waals surface area contributed by atoms with Gasteiger partial charge in [-0.3, -0.25) is 4.90 Å². The van der Waals surface area contributed by atoms with Gasteiger partial charge in [0.1, 0.15) is 18.5 Å². The minimum absolute atomic E-state index is 0.200. The molecule has 0 aliphatic carbocycles. The summed E-state index contributed by atoms with van der Waals surface area (Å²) in [5.74, 6) is 2.08. The summed E-state index contributed by atoms with van der Waals surface area (Å²) >= 11 is 0. The maximum absolute atomic E-state index is 10.2. The van der Waals surface area contributed by atoms with Gasteiger partial charge in [0.15, 0.2) is 11.5 Å². The van der Waals surface area contributed by atoms with Crippen molar-refractivity contribution in [1.29, 1.82) is 0 Å². The summed E-state index contributed by atoms with van der Waals surface area (Å²) in [6.45, 7) is 6.87. The molecule has 2 heterocycles. The summed E-state index contributed by atoms with van der Waals surface area (Å²) in [5, 5.41) is 10.2. The van der Waals surface area contributed by atoms with Gasteiger partial charge in [0, 0.05) is 25.7 Å². The van der Waals surface area contributed by atoms with Crippen molar-refractivity contribution in [3.63, 3.8) is 0 Å². The highest BCUT2D eigenvalue weighted by Gasteiger charge is 2.24. The van der Waals surface area contributed by atoms with Crippen LogP contribution in [0.25, 0.3) is 0 Å². The zero-order valence-electron chi connectivity index (χ0n) is 13.0. The molecular weight excluding hydrogens is 286 g/mol. The Labute approximate surface area is 130 Å². The van der Waals surface area contributed by atoms with Gasteiger partial charge in [-0.25, -0.2) is 0 Å². The topological polar surface area (TPSA) is 60.4 Å². The van der Waals surface area contributed by atoms with Gasteiger partial charge >= 0.3 is 0 Å². The van der Waals surface area contributed by atoms with Gasteiger partial charge in [0.25, 0.3) is 0 Å². The number of morpholine rings is 1. The number of fused-ring (bicyclic) bond motifs is 1. The van der Waals surface area contributed by atoms with Crippen molar-refractivity contribution in [1.82, 2.24) is 4.90 Å². The van der Waals surface area contributed by atoms with Gasteiger partial charge < -0.3 is 24.1 Å². The highest BCUT2D eigenvalue weighted by molar-refractivity contribution is 5.46. The number of aliphatic hydroxyl groups excluding tert-OH is 1. The van der Waals surface area contributed by atoms with E-state index in [0.717, 1.165) is 18.8 Å². The second-order valence-electron chi connectivity index (χ2n) is 5.96. The van der Waals surface area contributed by atoms with Crippen molar-refractivity contribution in [2.24, 2.45) is 0 Å². The predicted octanol–water partition coefficient (Wildman–Crippen LogP) is 1.26. The summed E-state index contributed by atoms with van der Waals surface area (Å²) in [6.07, 6.45) is -0.139. The molecule has 1 fully saturated rings. The highest BCUT2D eigenvalue weighted by atomic mass is 16.7. The maximum atomic E-state index is 10.2. The summed E-state index contributed by atoms with van der Waals surface area (Å²) in [6, 6.07) is 5.42. The minimum atomic E-state index is -0.539. The van der Waals surface area contributed by atoms with Crippen molar-refractivity contribution < 1.29 is 24.1 Å². The van der Waals surface area contributed by atoms with Gasteiger partial charge in [-0.2, -0.15) is 0 Å². The number of hydrogen-bond acceptors (Lipinski definition) is 6. The van der Waals surface area contributed by atoms with Crippen LogP contribution in [0.5, 0.6) is 17.2 Å². The van der Waals surface area contributed by atoms with Gasteiger partial charge in [-0.05, 0) is 26.0 Å². The van der Waals surface area contributed by atoms with Gasteiger partial charge in [-0.1, -0.05) is 0 Å². The second-order valence-corrected chi connectivity index (χ2v) is 5.96. The molecule has 0 bridgehead atoms. The van der Waals surface area contributed by atoms with E-state index in [2.05, 4.69) is 18.7 Å². The van der Waals surface area contributed by atoms with Crippen LogP contribution < -0.4 is 14.2 Å². The smallest absolute Gasteiger partial charge is 0.231 e. The molecule has 0 spiro atoms. The summed E-state index contributed by atoms with van der Waals surface area (Å²) in [5.41, 5.74) is 0. The van der Waals surface area contributed by atoms with Crippen LogP contribution in [0.15, 0.2) is 18.2 Å². The molecule has 0 aromatic heterocycles. The molecule has 0 radical (unpaired) electrons. The van der Waals surface area contributed by atoms with Crippen molar-refractivity contribution in [3.8, 4) is 17.2 Å². The predicted molar refractivity (Wildman–Crippen MR) is 80.5 cm³/mol. The largest absolute Gasteiger partial charge is 0.491 e. The lowest BCUT2D eigenvalue weighted by molar-refractivity contribution is -0.0786. The molecule has 3 rings (SSSR count). The zero-order chi connectivity index (χ0) is 15.5. The lowest BCUT2D eigenvalue weighted by Crippen LogP contribution is -2.48. The minimum Gasteiger partial charge on any atom is -0.491 e. The molecule has 1 saturated heterocycles. The first-order valence-corrected chi connectivity index (χ1v) is 7.68. The number of benzene rings is 1. The Morgan fingerprint density at radius 1 is 1.23 bits per heavy atom. The van der Waals surface area contributed by atoms with Crippen LogP contribution >= 0.6 is 0 Å². The molecule has 3 atom stereocenters. The van der Waals surface area contributed by atoms with E-state index in [0.29, 0.717) is 18.0 Å². The quantitative estimate of drug-likeness (QED) is 0.884. The average molecular weight is 309 g/mol. The third kappa shape index (κ3) is 3.82. The Bertz CT molecular complexity index is 499. The molecule has 2 aliphatic heterocycles. The van der Waals surface area contributed by atoms with Crippen LogP contribution in [0, 0.1) is 0 Å². The van der Waals surface area contributed by atoms with Crippen molar-refractivity contribution in [3.05, 3.63) is 18.2 Å². The number of hydrogen-bond donors (Lipinski definition) is 1. The molecule has 1 aromatic rings. The Balaban J connectivity index is 1.47. The number of rotatable bonds is 5. The monoisotopic (exact) mass is 309 g/mol. The SMILES string of the molecule is C[C@@H]1CN(C[C@@H](O)COc2ccc3c(c2)OCO3)C[C@@H](C)O1. The van der Waals surface area contributed by atoms with Crippen molar-refractivity contribution in [2.75, 3.05) is 33.0 Å². The Hall–Kier alpha value is -1.50. The normalized spacial score (nSPS) is 26.0. The Kier molecular flexibility index (Phi) is 4.71. The van der Waals surface area contributed by atoms with E-state index in [1.54, 1.807) is 6.07 Å². The molecule has 1 aromatic carbocycles. The van der Waals surface area contributed by atoms with Gasteiger partial charge in [0.2, 0.25) is 6.79 Å². The van der Waals surface area contributed by atoms with Crippen molar-refractivity contribution >= 4 is 0 Å². The van der Waals surface area contributed by atoms with Crippen LogP contribution in [0.4, 0.5) is 0 Å². The molecule has 22 heavy (non-hydrogen) atoms. The van der Waals surface area contributed by atoms with Gasteiger partial charge in [-0.15, -0.1) is 0 Å². The molecule has 6 nitrogen and oxygen atoms in total. The standard InChI is InChI=1S/C16H23NO5/c1-11-6-17(7-12(2)22-11)8-13(18)9-19-14-3-4-15-16(5-14)21-10-20-15/h3-5,11-13,18H,6-10H2,1-2H3/t11-,12-,13-/m1/s1. The zero-order valence-corrected chi connectivity index (χ0v) is 13.0. The number of nitrogens with zero attached hydrogens (tertiary/aromatic N) is 1. The lowest BCUT2D eigenvalue weighted by Gasteiger charge is -2.36. The fraction of sp³-hybridized carbons (Fsp3) is 0.625. The van der Waals surface area contributed by atoms with E-state index in [4.69, 9.17) is 18.9 Å². The summed E-state index contributed by atoms with van der Waals surface area (Å²) < 4.78 is 21.9. The molecule has 2 aliphatic rings. The average Bonchev–Trinajstić information content (AvgIpc) is 2.91. The maximum Gasteiger partial charge on any atom is 0.231 e. The highest BCUT2D eigenvalue weighted by Crippen LogP contribution is 2.35. The van der Waals surface area contributed by atoms with Crippen LogP contribution in [0.3, 0.4) is 0 Å². The van der Waals surface area contributed by atoms with Gasteiger partial charge in [0.05, 0.1) is 12.2 Å². The third-order valence-corrected chi connectivity index (χ3v) is 3.75. The van der Waals surface area contributed by atoms with E-state index in [-0.39, 0.29) is 25.6 Å². The van der Waals surface area contributed by atoms with Crippen LogP contribution in [0.1, 0.15) is 13.8 Å². The van der Waals surface area contributed by atoms with Crippen molar-refractivity contribution in [2.45, 2.75) is 32.2 Å². The van der Waals surface area contributed by atoms with E-state index in [1.807, 2.05) is 12.1 Å². The first-order valence-electron chi connectivity index (χ1n) is 7.68. The van der Waals surface area contributed by atoms with E-state index >= 15 is 0 Å². The van der Waals surface area contributed by atoms with Crippen LogP contribution in [-0.4, -0.2) is 61.4 Å². The molecule has 6 heteroatoms. The summed E-state index contributed by atoms with van der Waals surface area (Å²) in [4.78, 5) is 2.21. The molecule has 0 saturated carbocycles. The molecular formula is C16H23NO5. The van der Waals surface area contributed by atoms with E-state index < -0.39 is 6.10 Å². The molecule has 122 valence electrons. The number of aliphatic hydroxyl groups is 1. The molecule has 0 unspecified atom stereocenters. The second kappa shape index (κ2) is 6.73. The van der Waals surface area contributed by atoms with Crippen LogP contribution in [0.2, 0.25) is 0 Å². The Morgan fingerprint density at radius 3 is 2.73 bits per heavy atom. The van der Waals surface area contributed by atoms with E-state index in [1.165, 1.54) is 0 Å². The van der Waals surface area contributed by atoms with Crippen LogP contribution in [-0.2, 0) is 4.74 Å². The number of β-amino-alcohol motifs (C(OH)–C–C–N with tert-alkyl or cyclic N) is 1. The Morgan fingerprint density at radius 2 is 1.95 bits per heavy atom. The fourth-order valence-corrected chi connectivity index (χ4v) is 2.94. The first-order chi connectivity index (χ1) is 10.6. The molecule has 1 N–H and O–H groups in total. The third-order valence-electron chi connectivity index (χ3n) is 3.75. The lowest BCUT2D eigenvalue weighted by atomic mass is 10.2. The number of ether oxygens (including phenoxy) is 4. The first kappa shape index (κ1) is 15.4. The fourth-order valence-electron chi connectivity index (χ4n) is 2.94. The molecule has 0 amide bonds. The summed E-state index contributed by atoms with van der Waals surface area (Å²) in [7, 11) is 0. The van der Waals surface area contributed by atoms with E-state index in [9.17, 15) is 5.11 Å².